The third kappa shape index (κ3) is 8.64. The number of nitrogens with one attached hydrogen (secondary N) is 2. The SMILES string of the molecule is NC(=O)c1nc2ccccc2s1.O=C(O)CCCNC(=O)CCCCc1ccc2c(n1)NCCC2. The number of carboxylic acids is 1. The van der Waals surface area contributed by atoms with E-state index in [1.54, 1.807) is 0 Å². The number of carbonyl (C=O) groups excluding carboxylic acids is 2. The van der Waals surface area contributed by atoms with Crippen LogP contribution in [0.2, 0.25) is 0 Å². The minimum atomic E-state index is -0.828. The van der Waals surface area contributed by atoms with Crippen LogP contribution < -0.4 is 16.4 Å². The summed E-state index contributed by atoms with van der Waals surface area (Å²) < 4.78 is 0.992. The minimum absolute atomic E-state index is 0.00421. The number of aryl methyl sites for hydroxylation is 2. The summed E-state index contributed by atoms with van der Waals surface area (Å²) in [6, 6.07) is 11.8. The predicted octanol–water partition coefficient (Wildman–Crippen LogP) is 3.53. The van der Waals surface area contributed by atoms with Gasteiger partial charge in [0.15, 0.2) is 5.01 Å². The van der Waals surface area contributed by atoms with Crippen LogP contribution in [-0.2, 0) is 22.4 Å². The summed E-state index contributed by atoms with van der Waals surface area (Å²) in [5, 5.41) is 15.0. The third-order valence-corrected chi connectivity index (χ3v) is 6.48. The van der Waals surface area contributed by atoms with Crippen molar-refractivity contribution in [3.8, 4) is 0 Å². The molecule has 1 aliphatic heterocycles. The van der Waals surface area contributed by atoms with Crippen molar-refractivity contribution < 1.29 is 19.5 Å². The number of unbranched alkanes of at least 4 members (excludes halogenated alkanes) is 1. The van der Waals surface area contributed by atoms with Gasteiger partial charge >= 0.3 is 5.97 Å². The summed E-state index contributed by atoms with van der Waals surface area (Å²) in [7, 11) is 0. The first-order chi connectivity index (χ1) is 16.9. The van der Waals surface area contributed by atoms with Gasteiger partial charge in [-0.15, -0.1) is 11.3 Å². The molecule has 1 aliphatic rings. The zero-order valence-electron chi connectivity index (χ0n) is 19.6. The average Bonchev–Trinajstić information content (AvgIpc) is 3.30. The number of thiazole rings is 1. The molecule has 186 valence electrons. The molecule has 9 nitrogen and oxygen atoms in total. The molecule has 3 aromatic rings. The fourth-order valence-corrected chi connectivity index (χ4v) is 4.45. The number of fused-ring (bicyclic) bond motifs is 2. The van der Waals surface area contributed by atoms with Gasteiger partial charge in [0, 0.05) is 31.6 Å². The van der Waals surface area contributed by atoms with Crippen LogP contribution in [-0.4, -0.2) is 45.9 Å². The van der Waals surface area contributed by atoms with E-state index < -0.39 is 11.9 Å². The Labute approximate surface area is 208 Å². The molecule has 0 atom stereocenters. The summed E-state index contributed by atoms with van der Waals surface area (Å²) in [5.74, 6) is -0.275. The summed E-state index contributed by atoms with van der Waals surface area (Å²) in [6.45, 7) is 1.43. The molecule has 10 heteroatoms. The summed E-state index contributed by atoms with van der Waals surface area (Å²) in [6.07, 6.45) is 5.93. The molecule has 0 unspecified atom stereocenters. The number of nitrogens with two attached hydrogens (primary N) is 1. The van der Waals surface area contributed by atoms with E-state index in [0.717, 1.165) is 60.4 Å². The van der Waals surface area contributed by atoms with Gasteiger partial charge in [0.1, 0.15) is 5.82 Å². The minimum Gasteiger partial charge on any atom is -0.481 e. The number of amides is 2. The highest BCUT2D eigenvalue weighted by molar-refractivity contribution is 7.20. The Morgan fingerprint density at radius 2 is 1.89 bits per heavy atom. The molecule has 0 aliphatic carbocycles. The first-order valence-electron chi connectivity index (χ1n) is 11.8. The van der Waals surface area contributed by atoms with Crippen LogP contribution in [0.15, 0.2) is 36.4 Å². The molecule has 0 saturated carbocycles. The number of hydrogen-bond donors (Lipinski definition) is 4. The fourth-order valence-electron chi connectivity index (χ4n) is 3.63. The number of hydrogen-bond acceptors (Lipinski definition) is 7. The topological polar surface area (TPSA) is 147 Å². The number of rotatable bonds is 10. The zero-order chi connectivity index (χ0) is 25.0. The van der Waals surface area contributed by atoms with Gasteiger partial charge in [0.2, 0.25) is 5.91 Å². The van der Waals surface area contributed by atoms with E-state index in [1.807, 2.05) is 24.3 Å². The number of pyridine rings is 1. The molecule has 0 saturated heterocycles. The van der Waals surface area contributed by atoms with Crippen LogP contribution in [0.1, 0.15) is 59.6 Å². The molecular formula is C25H31N5O4S. The van der Waals surface area contributed by atoms with E-state index in [1.165, 1.54) is 16.9 Å². The molecular weight excluding hydrogens is 466 g/mol. The van der Waals surface area contributed by atoms with Crippen molar-refractivity contribution in [1.82, 2.24) is 15.3 Å². The van der Waals surface area contributed by atoms with Crippen molar-refractivity contribution in [3.63, 3.8) is 0 Å². The Hall–Kier alpha value is -3.53. The highest BCUT2D eigenvalue weighted by Crippen LogP contribution is 2.21. The van der Waals surface area contributed by atoms with E-state index in [2.05, 4.69) is 32.7 Å². The summed E-state index contributed by atoms with van der Waals surface area (Å²) in [5.41, 5.74) is 8.28. The lowest BCUT2D eigenvalue weighted by molar-refractivity contribution is -0.137. The predicted molar refractivity (Wildman–Crippen MR) is 137 cm³/mol. The Morgan fingerprint density at radius 3 is 2.66 bits per heavy atom. The van der Waals surface area contributed by atoms with Crippen molar-refractivity contribution in [2.24, 2.45) is 5.73 Å². The fraction of sp³-hybridized carbons (Fsp3) is 0.400. The standard InChI is InChI=1S/C17H25N3O3.C8H6N2OS/c21-15(18-11-4-8-16(22)23)7-2-1-6-14-10-9-13-5-3-12-19-17(13)20-14;9-7(11)8-10-5-3-1-2-4-6(5)12-8/h9-10H,1-8,11-12H2,(H,18,21)(H,19,20)(H,22,23);1-4H,(H2,9,11). The van der Waals surface area contributed by atoms with Gasteiger partial charge in [-0.1, -0.05) is 18.2 Å². The van der Waals surface area contributed by atoms with Crippen LogP contribution in [0.4, 0.5) is 5.82 Å². The van der Waals surface area contributed by atoms with Crippen molar-refractivity contribution in [1.29, 1.82) is 0 Å². The van der Waals surface area contributed by atoms with Gasteiger partial charge < -0.3 is 21.5 Å². The monoisotopic (exact) mass is 497 g/mol. The maximum atomic E-state index is 11.6. The number of para-hydroxylation sites is 1. The second-order valence-corrected chi connectivity index (χ2v) is 9.28. The molecule has 0 radical (unpaired) electrons. The average molecular weight is 498 g/mol. The second kappa shape index (κ2) is 13.4. The molecule has 4 rings (SSSR count). The lowest BCUT2D eigenvalue weighted by Gasteiger charge is -2.17. The number of aromatic nitrogens is 2. The normalized spacial score (nSPS) is 12.1. The number of anilines is 1. The number of nitrogens with zero attached hydrogens (tertiary/aromatic N) is 2. The van der Waals surface area contributed by atoms with E-state index >= 15 is 0 Å². The van der Waals surface area contributed by atoms with Gasteiger partial charge in [-0.25, -0.2) is 9.97 Å². The third-order valence-electron chi connectivity index (χ3n) is 5.43. The number of benzene rings is 1. The summed E-state index contributed by atoms with van der Waals surface area (Å²) >= 11 is 1.32. The van der Waals surface area contributed by atoms with Crippen molar-refractivity contribution in [2.45, 2.75) is 51.4 Å². The molecule has 1 aromatic carbocycles. The lowest BCUT2D eigenvalue weighted by Crippen LogP contribution is -2.24. The van der Waals surface area contributed by atoms with Gasteiger partial charge in [-0.3, -0.25) is 14.4 Å². The molecule has 0 fully saturated rings. The van der Waals surface area contributed by atoms with Gasteiger partial charge in [0.05, 0.1) is 10.2 Å². The summed E-state index contributed by atoms with van der Waals surface area (Å²) in [4.78, 5) is 41.4. The van der Waals surface area contributed by atoms with Gasteiger partial charge in [0.25, 0.3) is 5.91 Å². The first kappa shape index (κ1) is 26.1. The highest BCUT2D eigenvalue weighted by atomic mass is 32.1. The van der Waals surface area contributed by atoms with E-state index in [0.29, 0.717) is 24.4 Å². The highest BCUT2D eigenvalue weighted by Gasteiger charge is 2.10. The zero-order valence-corrected chi connectivity index (χ0v) is 20.4. The molecule has 2 aromatic heterocycles. The van der Waals surface area contributed by atoms with Gasteiger partial charge in [-0.2, -0.15) is 0 Å². The van der Waals surface area contributed by atoms with Crippen LogP contribution in [0.5, 0.6) is 0 Å². The number of carboxylic acid groups (broad SMARTS) is 1. The quantitative estimate of drug-likeness (QED) is 0.313. The van der Waals surface area contributed by atoms with Gasteiger partial charge in [-0.05, 0) is 62.3 Å². The largest absolute Gasteiger partial charge is 0.481 e. The smallest absolute Gasteiger partial charge is 0.303 e. The second-order valence-electron chi connectivity index (χ2n) is 8.25. The maximum absolute atomic E-state index is 11.6. The molecule has 35 heavy (non-hydrogen) atoms. The van der Waals surface area contributed by atoms with Crippen LogP contribution in [0.25, 0.3) is 10.2 Å². The Bertz CT molecular complexity index is 1130. The molecule has 2 amide bonds. The maximum Gasteiger partial charge on any atom is 0.303 e. The lowest BCUT2D eigenvalue weighted by atomic mass is 10.1. The van der Waals surface area contributed by atoms with Crippen molar-refractivity contribution >= 4 is 45.2 Å². The van der Waals surface area contributed by atoms with E-state index in [9.17, 15) is 14.4 Å². The molecule has 0 bridgehead atoms. The number of carbonyl (C=O) groups is 3. The Morgan fingerprint density at radius 1 is 1.06 bits per heavy atom. The molecule has 0 spiro atoms. The van der Waals surface area contributed by atoms with Crippen molar-refractivity contribution in [2.75, 3.05) is 18.4 Å². The first-order valence-corrected chi connectivity index (χ1v) is 12.6. The van der Waals surface area contributed by atoms with E-state index in [4.69, 9.17) is 10.8 Å². The van der Waals surface area contributed by atoms with E-state index in [-0.39, 0.29) is 12.3 Å². The van der Waals surface area contributed by atoms with Crippen molar-refractivity contribution in [3.05, 3.63) is 52.7 Å². The Balaban J connectivity index is 0.000000237. The Kier molecular flexibility index (Phi) is 9.97. The number of primary amides is 1. The van der Waals surface area contributed by atoms with Crippen LogP contribution in [0.3, 0.4) is 0 Å². The molecule has 3 heterocycles. The number of aliphatic carboxylic acids is 1. The van der Waals surface area contributed by atoms with Crippen LogP contribution >= 0.6 is 11.3 Å². The van der Waals surface area contributed by atoms with Crippen LogP contribution in [0, 0.1) is 0 Å². The molecule has 5 N–H and O–H groups in total.